The van der Waals surface area contributed by atoms with Gasteiger partial charge in [0.05, 0.1) is 18.7 Å². The van der Waals surface area contributed by atoms with Gasteiger partial charge in [0.1, 0.15) is 6.04 Å². The van der Waals surface area contributed by atoms with Crippen molar-refractivity contribution < 1.29 is 24.6 Å². The Morgan fingerprint density at radius 1 is 0.800 bits per heavy atom. The molecule has 4 aromatic rings. The molecule has 0 aromatic heterocycles. The molecule has 4 atom stereocenters. The van der Waals surface area contributed by atoms with Crippen LogP contribution in [0.4, 0.5) is 4.79 Å². The lowest BCUT2D eigenvalue weighted by molar-refractivity contribution is -0.147. The number of carbonyl (C=O) groups is 3. The third kappa shape index (κ3) is 9.56. The Morgan fingerprint density at radius 2 is 1.36 bits per heavy atom. The summed E-state index contributed by atoms with van der Waals surface area (Å²) in [5.41, 5.74) is 4.38. The third-order valence-corrected chi connectivity index (χ3v) is 8.89. The van der Waals surface area contributed by atoms with E-state index in [-0.39, 0.29) is 26.1 Å². The molecule has 5 rings (SSSR count). The lowest BCUT2D eigenvalue weighted by Gasteiger charge is -2.37. The molecule has 6 N–H and O–H groups in total. The average molecular weight is 678 g/mol. The van der Waals surface area contributed by atoms with Crippen molar-refractivity contribution in [3.63, 3.8) is 0 Å². The first-order chi connectivity index (χ1) is 23.9. The first kappa shape index (κ1) is 36.3. The molecule has 0 fully saturated rings. The molecule has 262 valence electrons. The number of hydrogen-bond donors (Lipinski definition) is 6. The highest BCUT2D eigenvalue weighted by Crippen LogP contribution is 2.32. The van der Waals surface area contributed by atoms with Crippen molar-refractivity contribution in [2.45, 2.75) is 70.5 Å². The number of aliphatic hydroxyl groups is 2. The first-order valence-electron chi connectivity index (χ1n) is 16.9. The molecule has 4 amide bonds. The Balaban J connectivity index is 1.40. The van der Waals surface area contributed by atoms with E-state index in [1.165, 1.54) is 5.01 Å². The molecule has 50 heavy (non-hydrogen) atoms. The summed E-state index contributed by atoms with van der Waals surface area (Å²) in [5, 5.41) is 33.3. The van der Waals surface area contributed by atoms with Crippen molar-refractivity contribution in [1.29, 1.82) is 0 Å². The van der Waals surface area contributed by atoms with Crippen molar-refractivity contribution >= 4 is 17.8 Å². The minimum absolute atomic E-state index is 0.0614. The van der Waals surface area contributed by atoms with Crippen LogP contribution in [0.25, 0.3) is 0 Å². The summed E-state index contributed by atoms with van der Waals surface area (Å²) >= 11 is 0. The number of carbonyl (C=O) groups excluding carboxylic acids is 3. The molecule has 0 spiro atoms. The fraction of sp³-hybridized carbons (Fsp3) is 0.325. The topological polar surface area (TPSA) is 143 Å². The van der Waals surface area contributed by atoms with Gasteiger partial charge in [-0.1, -0.05) is 136 Å². The maximum Gasteiger partial charge on any atom is 0.315 e. The zero-order valence-corrected chi connectivity index (χ0v) is 28.8. The minimum Gasteiger partial charge on any atom is -0.390 e. The Hall–Kier alpha value is -5.03. The molecule has 10 heteroatoms. The molecule has 10 nitrogen and oxygen atoms in total. The number of benzene rings is 4. The van der Waals surface area contributed by atoms with Gasteiger partial charge in [0.15, 0.2) is 5.60 Å². The van der Waals surface area contributed by atoms with E-state index in [1.807, 2.05) is 136 Å². The zero-order chi connectivity index (χ0) is 35.7. The Bertz CT molecular complexity index is 1730. The fourth-order valence-electron chi connectivity index (χ4n) is 6.28. The molecular weight excluding hydrogens is 630 g/mol. The zero-order valence-electron chi connectivity index (χ0n) is 28.8. The van der Waals surface area contributed by atoms with E-state index < -0.39 is 47.0 Å². The van der Waals surface area contributed by atoms with Crippen LogP contribution in [0.15, 0.2) is 115 Å². The monoisotopic (exact) mass is 677 g/mol. The summed E-state index contributed by atoms with van der Waals surface area (Å²) in [6, 6.07) is 33.3. The first-order valence-corrected chi connectivity index (χ1v) is 16.9. The van der Waals surface area contributed by atoms with E-state index in [0.29, 0.717) is 12.0 Å². The number of hydrogen-bond acceptors (Lipinski definition) is 6. The molecule has 0 radical (unpaired) electrons. The predicted octanol–water partition coefficient (Wildman–Crippen LogP) is 4.18. The van der Waals surface area contributed by atoms with Crippen LogP contribution in [0.5, 0.6) is 0 Å². The second-order valence-corrected chi connectivity index (χ2v) is 14.0. The standard InChI is InChI=1S/C40H47N5O5/c1-39(2,3)35(43-38(49)41-25-29-17-9-5-10-18-29)36(47)44-45(26-30-19-11-6-12-20-30)27-40(50,24-28-15-7-4-8-16-28)37(48)42-34-32-22-14-13-21-31(32)23-33(34)46/h4-22,33-35,46,50H,23-27H2,1-3H3,(H,42,48)(H,44,47)(H2,41,43,49)/t33-,34?,35-,40+/m1/s1. The summed E-state index contributed by atoms with van der Waals surface area (Å²) in [4.78, 5) is 41.3. The van der Waals surface area contributed by atoms with Crippen LogP contribution in [0, 0.1) is 5.41 Å². The van der Waals surface area contributed by atoms with Crippen LogP contribution >= 0.6 is 0 Å². The van der Waals surface area contributed by atoms with E-state index in [4.69, 9.17) is 0 Å². The normalized spacial score (nSPS) is 17.2. The predicted molar refractivity (Wildman–Crippen MR) is 192 cm³/mol. The fourth-order valence-corrected chi connectivity index (χ4v) is 6.28. The summed E-state index contributed by atoms with van der Waals surface area (Å²) in [7, 11) is 0. The van der Waals surface area contributed by atoms with Crippen molar-refractivity contribution in [3.8, 4) is 0 Å². The van der Waals surface area contributed by atoms with Gasteiger partial charge in [-0.2, -0.15) is 0 Å². The SMILES string of the molecule is CC(C)(C)[C@H](NC(=O)NCc1ccccc1)C(=O)NN(Cc1ccccc1)C[C@@](O)(Cc1ccccc1)C(=O)NC1c2ccccc2C[C@H]1O. The lowest BCUT2D eigenvalue weighted by atomic mass is 9.86. The number of aliphatic hydroxyl groups excluding tert-OH is 1. The highest BCUT2D eigenvalue weighted by atomic mass is 16.3. The van der Waals surface area contributed by atoms with Crippen LogP contribution in [0.2, 0.25) is 0 Å². The third-order valence-electron chi connectivity index (χ3n) is 8.89. The second kappa shape index (κ2) is 16.1. The number of nitrogens with one attached hydrogen (secondary N) is 4. The van der Waals surface area contributed by atoms with Gasteiger partial charge >= 0.3 is 6.03 Å². The van der Waals surface area contributed by atoms with E-state index in [1.54, 1.807) is 0 Å². The highest BCUT2D eigenvalue weighted by molar-refractivity contribution is 5.88. The molecule has 0 heterocycles. The van der Waals surface area contributed by atoms with Crippen molar-refractivity contribution in [2.24, 2.45) is 5.41 Å². The molecule has 0 aliphatic heterocycles. The van der Waals surface area contributed by atoms with Gasteiger partial charge in [0.25, 0.3) is 11.8 Å². The Labute approximate surface area is 293 Å². The van der Waals surface area contributed by atoms with Crippen LogP contribution in [0.1, 0.15) is 54.6 Å². The maximum absolute atomic E-state index is 14.2. The Kier molecular flexibility index (Phi) is 11.7. The maximum atomic E-state index is 14.2. The van der Waals surface area contributed by atoms with Gasteiger partial charge < -0.3 is 26.2 Å². The van der Waals surface area contributed by atoms with E-state index in [0.717, 1.165) is 22.3 Å². The number of fused-ring (bicyclic) bond motifs is 1. The molecule has 0 bridgehead atoms. The van der Waals surface area contributed by atoms with Crippen LogP contribution in [0.3, 0.4) is 0 Å². The number of rotatable bonds is 13. The van der Waals surface area contributed by atoms with Gasteiger partial charge in [-0.25, -0.2) is 9.80 Å². The number of nitrogens with zero attached hydrogens (tertiary/aromatic N) is 1. The van der Waals surface area contributed by atoms with Crippen LogP contribution < -0.4 is 21.4 Å². The summed E-state index contributed by atoms with van der Waals surface area (Å²) in [6.07, 6.45) is -0.535. The van der Waals surface area contributed by atoms with Crippen LogP contribution in [-0.4, -0.2) is 57.4 Å². The van der Waals surface area contributed by atoms with Crippen molar-refractivity contribution in [3.05, 3.63) is 143 Å². The highest BCUT2D eigenvalue weighted by Gasteiger charge is 2.43. The summed E-state index contributed by atoms with van der Waals surface area (Å²) in [6.45, 7) is 5.69. The molecule has 1 unspecified atom stereocenters. The van der Waals surface area contributed by atoms with Crippen LogP contribution in [-0.2, 0) is 35.5 Å². The molecule has 1 aliphatic carbocycles. The van der Waals surface area contributed by atoms with Gasteiger partial charge in [-0.15, -0.1) is 0 Å². The Morgan fingerprint density at radius 3 is 1.98 bits per heavy atom. The second-order valence-electron chi connectivity index (χ2n) is 14.0. The van der Waals surface area contributed by atoms with Gasteiger partial charge in [0.2, 0.25) is 0 Å². The molecule has 0 saturated carbocycles. The van der Waals surface area contributed by atoms with Crippen molar-refractivity contribution in [1.82, 2.24) is 26.4 Å². The molecule has 1 aliphatic rings. The van der Waals surface area contributed by atoms with E-state index in [2.05, 4.69) is 21.4 Å². The van der Waals surface area contributed by atoms with E-state index in [9.17, 15) is 24.6 Å². The number of hydrazine groups is 1. The smallest absolute Gasteiger partial charge is 0.315 e. The summed E-state index contributed by atoms with van der Waals surface area (Å²) < 4.78 is 0. The van der Waals surface area contributed by atoms with Gasteiger partial charge in [0, 0.05) is 25.9 Å². The van der Waals surface area contributed by atoms with Crippen molar-refractivity contribution in [2.75, 3.05) is 6.54 Å². The number of amides is 4. The molecule has 4 aromatic carbocycles. The largest absolute Gasteiger partial charge is 0.390 e. The van der Waals surface area contributed by atoms with Gasteiger partial charge in [-0.3, -0.25) is 15.0 Å². The average Bonchev–Trinajstić information content (AvgIpc) is 3.41. The molecular formula is C40H47N5O5. The number of urea groups is 1. The van der Waals surface area contributed by atoms with Gasteiger partial charge in [-0.05, 0) is 33.2 Å². The minimum atomic E-state index is -2.04. The summed E-state index contributed by atoms with van der Waals surface area (Å²) in [5.74, 6) is -1.19. The lowest BCUT2D eigenvalue weighted by Crippen LogP contribution is -2.62. The van der Waals surface area contributed by atoms with E-state index >= 15 is 0 Å². The molecule has 0 saturated heterocycles. The quantitative estimate of drug-likeness (QED) is 0.117.